The monoisotopic (exact) mass is 221 g/mol. The predicted octanol–water partition coefficient (Wildman–Crippen LogP) is 2.83. The molecule has 2 N–H and O–H groups in total. The van der Waals surface area contributed by atoms with Gasteiger partial charge in [-0.2, -0.15) is 11.8 Å². The van der Waals surface area contributed by atoms with Gasteiger partial charge in [0, 0.05) is 6.54 Å². The fourth-order valence-electron chi connectivity index (χ4n) is 2.22. The summed E-state index contributed by atoms with van der Waals surface area (Å²) in [5.41, 5.74) is 8.55. The van der Waals surface area contributed by atoms with Crippen molar-refractivity contribution in [3.8, 4) is 0 Å². The van der Waals surface area contributed by atoms with Gasteiger partial charge in [-0.3, -0.25) is 0 Å². The summed E-state index contributed by atoms with van der Waals surface area (Å²) >= 11 is 2.09. The molecular weight excluding hydrogens is 202 g/mol. The van der Waals surface area contributed by atoms with Crippen molar-refractivity contribution < 1.29 is 0 Å². The van der Waals surface area contributed by atoms with Crippen molar-refractivity contribution in [2.24, 2.45) is 11.7 Å². The van der Waals surface area contributed by atoms with Gasteiger partial charge in [-0.15, -0.1) is 0 Å². The van der Waals surface area contributed by atoms with Crippen molar-refractivity contribution in [3.05, 3.63) is 35.4 Å². The van der Waals surface area contributed by atoms with Gasteiger partial charge in [-0.05, 0) is 47.8 Å². The molecule has 0 saturated carbocycles. The highest BCUT2D eigenvalue weighted by Gasteiger charge is 2.15. The molecule has 0 amide bonds. The van der Waals surface area contributed by atoms with Crippen molar-refractivity contribution >= 4 is 11.8 Å². The van der Waals surface area contributed by atoms with Crippen LogP contribution >= 0.6 is 11.8 Å². The maximum Gasteiger partial charge on any atom is 0.0180 e. The first-order chi connectivity index (χ1) is 7.40. The number of hydrogen-bond donors (Lipinski definition) is 1. The largest absolute Gasteiger partial charge is 0.326 e. The fourth-order valence-corrected chi connectivity index (χ4v) is 3.42. The van der Waals surface area contributed by atoms with Crippen LogP contribution in [0.25, 0.3) is 0 Å². The Kier molecular flexibility index (Phi) is 4.09. The fraction of sp³-hybridized carbons (Fsp3) is 0.538. The number of nitrogens with two attached hydrogens (primary N) is 1. The molecule has 82 valence electrons. The van der Waals surface area contributed by atoms with E-state index in [0.717, 1.165) is 5.92 Å². The lowest BCUT2D eigenvalue weighted by atomic mass is 9.91. The lowest BCUT2D eigenvalue weighted by molar-refractivity contribution is 0.486. The molecule has 1 fully saturated rings. The van der Waals surface area contributed by atoms with E-state index in [1.54, 1.807) is 0 Å². The van der Waals surface area contributed by atoms with Crippen LogP contribution < -0.4 is 5.73 Å². The molecule has 0 spiro atoms. The van der Waals surface area contributed by atoms with Crippen molar-refractivity contribution in [2.45, 2.75) is 25.8 Å². The molecule has 0 atom stereocenters. The molecule has 2 heteroatoms. The van der Waals surface area contributed by atoms with Gasteiger partial charge in [0.2, 0.25) is 0 Å². The van der Waals surface area contributed by atoms with Crippen LogP contribution in [-0.2, 0) is 13.0 Å². The average Bonchev–Trinajstić information content (AvgIpc) is 2.31. The van der Waals surface area contributed by atoms with Crippen LogP contribution in [0.5, 0.6) is 0 Å². The Hall–Kier alpha value is -0.470. The van der Waals surface area contributed by atoms with Gasteiger partial charge in [0.25, 0.3) is 0 Å². The molecule has 1 aliphatic rings. The molecule has 1 saturated heterocycles. The van der Waals surface area contributed by atoms with E-state index in [2.05, 4.69) is 36.0 Å². The highest BCUT2D eigenvalue weighted by molar-refractivity contribution is 7.99. The van der Waals surface area contributed by atoms with E-state index >= 15 is 0 Å². The molecule has 1 nitrogen and oxygen atoms in total. The summed E-state index contributed by atoms with van der Waals surface area (Å²) in [7, 11) is 0. The Balaban J connectivity index is 2.02. The van der Waals surface area contributed by atoms with E-state index in [0.29, 0.717) is 6.54 Å². The Morgan fingerprint density at radius 2 is 1.80 bits per heavy atom. The molecule has 1 aromatic carbocycles. The molecule has 0 unspecified atom stereocenters. The molecule has 1 aliphatic heterocycles. The second kappa shape index (κ2) is 5.57. The number of rotatable bonds is 3. The first kappa shape index (κ1) is 11.0. The Morgan fingerprint density at radius 1 is 1.13 bits per heavy atom. The molecule has 0 radical (unpaired) electrons. The third-order valence-electron chi connectivity index (χ3n) is 3.19. The van der Waals surface area contributed by atoms with Gasteiger partial charge in [-0.25, -0.2) is 0 Å². The van der Waals surface area contributed by atoms with Gasteiger partial charge in [0.15, 0.2) is 0 Å². The van der Waals surface area contributed by atoms with Crippen LogP contribution in [0, 0.1) is 5.92 Å². The minimum atomic E-state index is 0.678. The summed E-state index contributed by atoms with van der Waals surface area (Å²) in [6.45, 7) is 0.678. The van der Waals surface area contributed by atoms with Crippen molar-refractivity contribution in [2.75, 3.05) is 11.5 Å². The Morgan fingerprint density at radius 3 is 2.47 bits per heavy atom. The van der Waals surface area contributed by atoms with Gasteiger partial charge >= 0.3 is 0 Å². The summed E-state index contributed by atoms with van der Waals surface area (Å²) in [5.74, 6) is 3.57. The molecular formula is C13H19NS. The first-order valence-corrected chi connectivity index (χ1v) is 6.90. The normalized spacial score (nSPS) is 17.9. The van der Waals surface area contributed by atoms with E-state index in [1.165, 1.54) is 41.9 Å². The molecule has 2 rings (SSSR count). The molecule has 0 aromatic heterocycles. The SMILES string of the molecule is NCc1ccccc1CC1CCSCC1. The molecule has 1 heterocycles. The standard InChI is InChI=1S/C13H19NS/c14-10-13-4-2-1-3-12(13)9-11-5-7-15-8-6-11/h1-4,11H,5-10,14H2. The van der Waals surface area contributed by atoms with E-state index < -0.39 is 0 Å². The lowest BCUT2D eigenvalue weighted by Gasteiger charge is -2.22. The van der Waals surface area contributed by atoms with Gasteiger partial charge in [0.05, 0.1) is 0 Å². The van der Waals surface area contributed by atoms with Crippen LogP contribution in [-0.4, -0.2) is 11.5 Å². The van der Waals surface area contributed by atoms with E-state index in [4.69, 9.17) is 5.73 Å². The number of hydrogen-bond acceptors (Lipinski definition) is 2. The van der Waals surface area contributed by atoms with Crippen LogP contribution in [0.15, 0.2) is 24.3 Å². The second-order valence-corrected chi connectivity index (χ2v) is 5.46. The third kappa shape index (κ3) is 2.99. The summed E-state index contributed by atoms with van der Waals surface area (Å²) in [4.78, 5) is 0. The summed E-state index contributed by atoms with van der Waals surface area (Å²) < 4.78 is 0. The van der Waals surface area contributed by atoms with Crippen molar-refractivity contribution in [3.63, 3.8) is 0 Å². The smallest absolute Gasteiger partial charge is 0.0180 e. The summed E-state index contributed by atoms with van der Waals surface area (Å²) in [5, 5.41) is 0. The topological polar surface area (TPSA) is 26.0 Å². The van der Waals surface area contributed by atoms with Crippen molar-refractivity contribution in [1.29, 1.82) is 0 Å². The van der Waals surface area contributed by atoms with E-state index in [1.807, 2.05) is 0 Å². The molecule has 15 heavy (non-hydrogen) atoms. The van der Waals surface area contributed by atoms with Crippen LogP contribution in [0.3, 0.4) is 0 Å². The zero-order valence-corrected chi connectivity index (χ0v) is 9.93. The Bertz CT molecular complexity index is 305. The highest BCUT2D eigenvalue weighted by atomic mass is 32.2. The minimum absolute atomic E-state index is 0.678. The van der Waals surface area contributed by atoms with E-state index in [-0.39, 0.29) is 0 Å². The van der Waals surface area contributed by atoms with Crippen LogP contribution in [0.1, 0.15) is 24.0 Å². The van der Waals surface area contributed by atoms with E-state index in [9.17, 15) is 0 Å². The quantitative estimate of drug-likeness (QED) is 0.849. The molecule has 0 bridgehead atoms. The zero-order valence-electron chi connectivity index (χ0n) is 9.11. The zero-order chi connectivity index (χ0) is 10.5. The van der Waals surface area contributed by atoms with Crippen molar-refractivity contribution in [1.82, 2.24) is 0 Å². The predicted molar refractivity (Wildman–Crippen MR) is 68.1 cm³/mol. The number of thioether (sulfide) groups is 1. The summed E-state index contributed by atoms with van der Waals surface area (Å²) in [6, 6.07) is 8.62. The van der Waals surface area contributed by atoms with Gasteiger partial charge in [0.1, 0.15) is 0 Å². The Labute approximate surface area is 96.4 Å². The third-order valence-corrected chi connectivity index (χ3v) is 4.24. The van der Waals surface area contributed by atoms with Crippen LogP contribution in [0.2, 0.25) is 0 Å². The van der Waals surface area contributed by atoms with Gasteiger partial charge < -0.3 is 5.73 Å². The van der Waals surface area contributed by atoms with Gasteiger partial charge in [-0.1, -0.05) is 24.3 Å². The minimum Gasteiger partial charge on any atom is -0.326 e. The maximum absolute atomic E-state index is 5.75. The van der Waals surface area contributed by atoms with Crippen LogP contribution in [0.4, 0.5) is 0 Å². The number of benzene rings is 1. The molecule has 1 aromatic rings. The lowest BCUT2D eigenvalue weighted by Crippen LogP contribution is -2.14. The average molecular weight is 221 g/mol. The maximum atomic E-state index is 5.75. The highest BCUT2D eigenvalue weighted by Crippen LogP contribution is 2.26. The molecule has 0 aliphatic carbocycles. The second-order valence-electron chi connectivity index (χ2n) is 4.23. The summed E-state index contributed by atoms with van der Waals surface area (Å²) in [6.07, 6.45) is 3.99. The first-order valence-electron chi connectivity index (χ1n) is 5.74.